The van der Waals surface area contributed by atoms with Crippen LogP contribution in [0.15, 0.2) is 12.1 Å². The van der Waals surface area contributed by atoms with Crippen molar-refractivity contribution in [2.75, 3.05) is 0 Å². The van der Waals surface area contributed by atoms with Crippen molar-refractivity contribution in [1.82, 2.24) is 0 Å². The maximum absolute atomic E-state index is 10.3. The van der Waals surface area contributed by atoms with Gasteiger partial charge in [0.15, 0.2) is 0 Å². The highest BCUT2D eigenvalue weighted by Crippen LogP contribution is 2.35. The zero-order valence-corrected chi connectivity index (χ0v) is 10.6. The third-order valence-electron chi connectivity index (χ3n) is 4.02. The van der Waals surface area contributed by atoms with Crippen LogP contribution in [0, 0.1) is 26.7 Å². The van der Waals surface area contributed by atoms with E-state index in [1.54, 1.807) is 0 Å². The highest BCUT2D eigenvalue weighted by molar-refractivity contribution is 5.37. The molecule has 2 rings (SSSR count). The van der Waals surface area contributed by atoms with E-state index in [1.807, 2.05) is 0 Å². The molecule has 0 radical (unpaired) electrons. The fourth-order valence-corrected chi connectivity index (χ4v) is 2.51. The lowest BCUT2D eigenvalue weighted by Gasteiger charge is -2.28. The van der Waals surface area contributed by atoms with Crippen molar-refractivity contribution < 1.29 is 5.11 Å². The molecule has 88 valence electrons. The summed E-state index contributed by atoms with van der Waals surface area (Å²) >= 11 is 0. The van der Waals surface area contributed by atoms with Gasteiger partial charge >= 0.3 is 0 Å². The van der Waals surface area contributed by atoms with Crippen LogP contribution in [0.2, 0.25) is 0 Å². The topological polar surface area (TPSA) is 20.2 Å². The first-order valence-corrected chi connectivity index (χ1v) is 6.33. The molecule has 0 heterocycles. The Labute approximate surface area is 98.5 Å². The molecule has 1 heteroatoms. The Morgan fingerprint density at radius 3 is 2.31 bits per heavy atom. The zero-order valence-electron chi connectivity index (χ0n) is 10.6. The summed E-state index contributed by atoms with van der Waals surface area (Å²) in [5, 5.41) is 10.3. The Morgan fingerprint density at radius 2 is 1.75 bits per heavy atom. The van der Waals surface area contributed by atoms with Crippen LogP contribution in [0.1, 0.15) is 54.0 Å². The molecule has 1 nitrogen and oxygen atoms in total. The summed E-state index contributed by atoms with van der Waals surface area (Å²) < 4.78 is 0. The molecule has 0 aromatic heterocycles. The van der Waals surface area contributed by atoms with Crippen molar-refractivity contribution >= 4 is 0 Å². The molecule has 1 atom stereocenters. The van der Waals surface area contributed by atoms with Crippen LogP contribution in [0.3, 0.4) is 0 Å². The summed E-state index contributed by atoms with van der Waals surface area (Å²) in [4.78, 5) is 0. The van der Waals surface area contributed by atoms with Crippen molar-refractivity contribution in [3.05, 3.63) is 34.4 Å². The van der Waals surface area contributed by atoms with E-state index >= 15 is 0 Å². The van der Waals surface area contributed by atoms with E-state index in [4.69, 9.17) is 0 Å². The first-order valence-electron chi connectivity index (χ1n) is 6.33. The van der Waals surface area contributed by atoms with Crippen molar-refractivity contribution in [2.45, 2.75) is 52.6 Å². The summed E-state index contributed by atoms with van der Waals surface area (Å²) in [5.74, 6) is 0.760. The molecule has 0 spiro atoms. The van der Waals surface area contributed by atoms with Crippen LogP contribution in [-0.2, 0) is 0 Å². The Hall–Kier alpha value is -0.820. The van der Waals surface area contributed by atoms with Gasteiger partial charge in [-0.1, -0.05) is 31.4 Å². The first kappa shape index (κ1) is 11.7. The molecule has 1 aromatic rings. The number of rotatable bonds is 3. The van der Waals surface area contributed by atoms with Gasteiger partial charge < -0.3 is 5.11 Å². The minimum absolute atomic E-state index is 0.260. The largest absolute Gasteiger partial charge is 0.388 e. The van der Waals surface area contributed by atoms with E-state index in [0.29, 0.717) is 0 Å². The number of aliphatic hydroxyl groups excluding tert-OH is 1. The van der Waals surface area contributed by atoms with Gasteiger partial charge in [0.1, 0.15) is 0 Å². The molecule has 1 saturated carbocycles. The quantitative estimate of drug-likeness (QED) is 0.817. The summed E-state index contributed by atoms with van der Waals surface area (Å²) in [6.07, 6.45) is 4.65. The standard InChI is InChI=1S/C15H22O/c1-10-7-12(3)14(8-11(10)2)15(16)9-13-5-4-6-13/h7-8,13,15-16H,4-6,9H2,1-3H3. The Balaban J connectivity index is 2.14. The van der Waals surface area contributed by atoms with E-state index in [9.17, 15) is 5.11 Å². The van der Waals surface area contributed by atoms with Gasteiger partial charge in [0, 0.05) is 0 Å². The molecule has 1 aromatic carbocycles. The van der Waals surface area contributed by atoms with E-state index in [1.165, 1.54) is 36.0 Å². The summed E-state index contributed by atoms with van der Waals surface area (Å²) in [7, 11) is 0. The van der Waals surface area contributed by atoms with Crippen LogP contribution in [0.5, 0.6) is 0 Å². The van der Waals surface area contributed by atoms with Crippen LogP contribution >= 0.6 is 0 Å². The van der Waals surface area contributed by atoms with Gasteiger partial charge in [0.2, 0.25) is 0 Å². The van der Waals surface area contributed by atoms with Crippen LogP contribution in [-0.4, -0.2) is 5.11 Å². The zero-order chi connectivity index (χ0) is 11.7. The average Bonchev–Trinajstić information content (AvgIpc) is 2.17. The number of aliphatic hydroxyl groups is 1. The van der Waals surface area contributed by atoms with E-state index in [-0.39, 0.29) is 6.10 Å². The monoisotopic (exact) mass is 218 g/mol. The molecule has 1 N–H and O–H groups in total. The smallest absolute Gasteiger partial charge is 0.0795 e. The fourth-order valence-electron chi connectivity index (χ4n) is 2.51. The molecular weight excluding hydrogens is 196 g/mol. The molecule has 1 aliphatic rings. The maximum atomic E-state index is 10.3. The second-order valence-electron chi connectivity index (χ2n) is 5.34. The molecule has 1 unspecified atom stereocenters. The van der Waals surface area contributed by atoms with E-state index < -0.39 is 0 Å². The fraction of sp³-hybridized carbons (Fsp3) is 0.600. The average molecular weight is 218 g/mol. The second-order valence-corrected chi connectivity index (χ2v) is 5.34. The van der Waals surface area contributed by atoms with Crippen LogP contribution in [0.4, 0.5) is 0 Å². The lowest BCUT2D eigenvalue weighted by atomic mass is 9.79. The molecule has 0 amide bonds. The summed E-state index contributed by atoms with van der Waals surface area (Å²) in [6, 6.07) is 4.35. The molecule has 16 heavy (non-hydrogen) atoms. The van der Waals surface area contributed by atoms with Gasteiger partial charge in [0.25, 0.3) is 0 Å². The molecule has 1 fully saturated rings. The maximum Gasteiger partial charge on any atom is 0.0795 e. The Bertz CT molecular complexity index is 377. The number of aryl methyl sites for hydroxylation is 3. The molecule has 0 bridgehead atoms. The predicted octanol–water partition coefficient (Wildman–Crippen LogP) is 3.84. The van der Waals surface area contributed by atoms with Crippen molar-refractivity contribution in [1.29, 1.82) is 0 Å². The minimum Gasteiger partial charge on any atom is -0.388 e. The normalized spacial score (nSPS) is 18.2. The molecule has 1 aliphatic carbocycles. The third-order valence-corrected chi connectivity index (χ3v) is 4.02. The van der Waals surface area contributed by atoms with Gasteiger partial charge in [-0.2, -0.15) is 0 Å². The second kappa shape index (κ2) is 4.58. The summed E-state index contributed by atoms with van der Waals surface area (Å²) in [5.41, 5.74) is 4.97. The number of hydrogen-bond acceptors (Lipinski definition) is 1. The lowest BCUT2D eigenvalue weighted by molar-refractivity contribution is 0.118. The first-order chi connectivity index (χ1) is 7.58. The SMILES string of the molecule is Cc1cc(C)c(C(O)CC2CCC2)cc1C. The highest BCUT2D eigenvalue weighted by Gasteiger charge is 2.22. The van der Waals surface area contributed by atoms with Gasteiger partial charge in [0.05, 0.1) is 6.10 Å². The van der Waals surface area contributed by atoms with Crippen molar-refractivity contribution in [2.24, 2.45) is 5.92 Å². The number of hydrogen-bond donors (Lipinski definition) is 1. The van der Waals surface area contributed by atoms with E-state index in [0.717, 1.165) is 17.9 Å². The van der Waals surface area contributed by atoms with Crippen LogP contribution in [0.25, 0.3) is 0 Å². The van der Waals surface area contributed by atoms with Crippen molar-refractivity contribution in [3.63, 3.8) is 0 Å². The summed E-state index contributed by atoms with van der Waals surface area (Å²) in [6.45, 7) is 6.35. The van der Waals surface area contributed by atoms with Gasteiger partial charge in [-0.25, -0.2) is 0 Å². The van der Waals surface area contributed by atoms with Gasteiger partial charge in [-0.15, -0.1) is 0 Å². The Morgan fingerprint density at radius 1 is 1.12 bits per heavy atom. The third kappa shape index (κ3) is 2.30. The van der Waals surface area contributed by atoms with Gasteiger partial charge in [-0.05, 0) is 55.4 Å². The number of benzene rings is 1. The molecule has 0 aliphatic heterocycles. The Kier molecular flexibility index (Phi) is 3.34. The highest BCUT2D eigenvalue weighted by atomic mass is 16.3. The van der Waals surface area contributed by atoms with Crippen LogP contribution < -0.4 is 0 Å². The lowest BCUT2D eigenvalue weighted by Crippen LogP contribution is -2.15. The van der Waals surface area contributed by atoms with Crippen molar-refractivity contribution in [3.8, 4) is 0 Å². The molecule has 0 saturated heterocycles. The van der Waals surface area contributed by atoms with E-state index in [2.05, 4.69) is 32.9 Å². The molecular formula is C15H22O. The minimum atomic E-state index is -0.260. The van der Waals surface area contributed by atoms with Gasteiger partial charge in [-0.3, -0.25) is 0 Å². The predicted molar refractivity (Wildman–Crippen MR) is 67.6 cm³/mol.